The van der Waals surface area contributed by atoms with Crippen LogP contribution in [0.3, 0.4) is 0 Å². The van der Waals surface area contributed by atoms with Gasteiger partial charge in [-0.05, 0) is 0 Å². The minimum atomic E-state index is -5.15. The van der Waals surface area contributed by atoms with Crippen LogP contribution in [0.15, 0.2) is 0 Å². The average Bonchev–Trinajstić information content (AvgIpc) is 1.49. The van der Waals surface area contributed by atoms with Gasteiger partial charge in [-0.3, -0.25) is 17.5 Å². The molecule has 0 bridgehead atoms. The van der Waals surface area contributed by atoms with Gasteiger partial charge in [0.1, 0.15) is 0 Å². The van der Waals surface area contributed by atoms with E-state index in [1.165, 1.54) is 0 Å². The molecule has 0 amide bonds. The fraction of sp³-hybridized carbons (Fsp3) is 0. The molecule has 0 aliphatic rings. The predicted molar refractivity (Wildman–Crippen MR) is 47.8 cm³/mol. The fourth-order valence-corrected chi connectivity index (χ4v) is 0.641. The third kappa shape index (κ3) is 25.5. The van der Waals surface area contributed by atoms with E-state index >= 15 is 0 Å². The molecule has 0 spiro atoms. The van der Waals surface area contributed by atoms with E-state index in [-0.39, 0.29) is 109 Å². The zero-order valence-corrected chi connectivity index (χ0v) is 9.45. The average molecular weight is 424 g/mol. The summed E-state index contributed by atoms with van der Waals surface area (Å²) in [5.41, 5.74) is 0. The summed E-state index contributed by atoms with van der Waals surface area (Å²) >= 11 is 0. The number of hydrogen-bond donors (Lipinski definition) is 2. The Morgan fingerprint density at radius 3 is 1.12 bits per heavy atom. The van der Waals surface area contributed by atoms with Gasteiger partial charge in [-0.15, -0.1) is 0 Å². The maximum absolute atomic E-state index is 9.95. The number of rotatable bonds is 2. The molecule has 0 aromatic carbocycles. The molecular weight excluding hydrogens is 418 g/mol. The Morgan fingerprint density at radius 2 is 1.00 bits per heavy atom. The summed E-state index contributed by atoms with van der Waals surface area (Å²) < 4.78 is 60.1. The normalized spacial score (nSPS) is 9.12. The van der Waals surface area contributed by atoms with Gasteiger partial charge in [0.25, 0.3) is 0 Å². The number of hydrogen-bond acceptors (Lipinski definition) is 7. The van der Waals surface area contributed by atoms with Crippen LogP contribution in [0, 0.1) is 0 Å². The molecule has 2 N–H and O–H groups in total. The summed E-state index contributed by atoms with van der Waals surface area (Å²) in [4.78, 5) is 9.95. The molecule has 0 atom stereocenters. The molecule has 0 aromatic rings. The second-order valence-electron chi connectivity index (χ2n) is 1.27. The van der Waals surface area contributed by atoms with Crippen LogP contribution in [0.5, 0.6) is 0 Å². The topological polar surface area (TPSA) is 144 Å². The van der Waals surface area contributed by atoms with Gasteiger partial charge in [0.2, 0.25) is 0 Å². The molecular formula is CH6Ca2Co2O9S2. The third-order valence-electron chi connectivity index (χ3n) is 0.347. The molecule has 15 heteroatoms. The maximum atomic E-state index is 9.95. The van der Waals surface area contributed by atoms with E-state index in [4.69, 9.17) is 9.11 Å². The van der Waals surface area contributed by atoms with Crippen LogP contribution in [-0.4, -0.2) is 108 Å². The smallest absolute Gasteiger partial charge is 0 e. The predicted octanol–water partition coefficient (Wildman–Crippen LogP) is -3.09. The van der Waals surface area contributed by atoms with E-state index in [1.54, 1.807) is 0 Å². The van der Waals surface area contributed by atoms with Gasteiger partial charge in [0.05, 0.1) is 0 Å². The van der Waals surface area contributed by atoms with Crippen LogP contribution >= 0.6 is 0 Å². The minimum absolute atomic E-state index is 0. The second kappa shape index (κ2) is 12.6. The summed E-state index contributed by atoms with van der Waals surface area (Å²) in [7, 11) is -10.3. The first-order valence-corrected chi connectivity index (χ1v) is 4.71. The largest absolute Gasteiger partial charge is 0 e. The van der Waals surface area contributed by atoms with Crippen molar-refractivity contribution in [2.24, 2.45) is 0 Å². The van der Waals surface area contributed by atoms with E-state index in [9.17, 15) is 21.6 Å². The van der Waals surface area contributed by atoms with Crippen molar-refractivity contribution >= 4 is 102 Å². The summed E-state index contributed by atoms with van der Waals surface area (Å²) in [5, 5.41) is 0. The number of carbonyl (C=O) groups is 1. The van der Waals surface area contributed by atoms with Crippen LogP contribution in [-0.2, 0) is 62.7 Å². The molecule has 98 valence electrons. The Morgan fingerprint density at radius 1 is 0.812 bits per heavy atom. The van der Waals surface area contributed by atoms with Gasteiger partial charge in [0.15, 0.2) is 0 Å². The molecule has 0 saturated heterocycles. The van der Waals surface area contributed by atoms with Crippen molar-refractivity contribution in [3.63, 3.8) is 0 Å². The Hall–Kier alpha value is 2.62. The van der Waals surface area contributed by atoms with E-state index in [0.29, 0.717) is 0 Å². The molecule has 0 unspecified atom stereocenters. The van der Waals surface area contributed by atoms with Gasteiger partial charge in [-0.2, -0.15) is 16.8 Å². The molecule has 0 aliphatic heterocycles. The van der Waals surface area contributed by atoms with Gasteiger partial charge in [0, 0.05) is 33.6 Å². The standard InChI is InChI=1S/CH2O9S2.2Ca.2Co.4H/c2-1(9-11(3,4)5)10-12(6,7)8;;;;;;;;/h(H,3,4,5)(H,6,7,8);;;;;;;;. The van der Waals surface area contributed by atoms with Gasteiger partial charge >= 0.3 is 102 Å². The van der Waals surface area contributed by atoms with E-state index in [2.05, 4.69) is 8.37 Å². The van der Waals surface area contributed by atoms with Crippen molar-refractivity contribution in [1.29, 1.82) is 0 Å². The Bertz CT molecular complexity index is 336. The second-order valence-corrected chi connectivity index (χ2v) is 3.32. The summed E-state index contributed by atoms with van der Waals surface area (Å²) in [6.07, 6.45) is -2.29. The van der Waals surface area contributed by atoms with E-state index in [1.807, 2.05) is 0 Å². The summed E-state index contributed by atoms with van der Waals surface area (Å²) in [6, 6.07) is 0. The van der Waals surface area contributed by atoms with Crippen molar-refractivity contribution in [2.75, 3.05) is 0 Å². The van der Waals surface area contributed by atoms with Crippen molar-refractivity contribution in [1.82, 2.24) is 0 Å². The first kappa shape index (κ1) is 31.2. The zero-order valence-electron chi connectivity index (χ0n) is 5.74. The maximum Gasteiger partial charge on any atom is 0 e. The Labute approximate surface area is 172 Å². The van der Waals surface area contributed by atoms with Crippen LogP contribution in [0.1, 0.15) is 0 Å². The van der Waals surface area contributed by atoms with Crippen molar-refractivity contribution < 1.29 is 72.7 Å². The van der Waals surface area contributed by atoms with Crippen molar-refractivity contribution in [3.05, 3.63) is 0 Å². The first-order valence-electron chi connectivity index (χ1n) is 1.98. The molecule has 0 rings (SSSR count). The van der Waals surface area contributed by atoms with Crippen LogP contribution in [0.4, 0.5) is 4.79 Å². The molecule has 16 heavy (non-hydrogen) atoms. The molecule has 0 heterocycles. The van der Waals surface area contributed by atoms with Crippen LogP contribution in [0.25, 0.3) is 0 Å². The molecule has 0 fully saturated rings. The van der Waals surface area contributed by atoms with Crippen LogP contribution < -0.4 is 0 Å². The Kier molecular flexibility index (Phi) is 24.6. The van der Waals surface area contributed by atoms with Crippen molar-refractivity contribution in [3.8, 4) is 0 Å². The van der Waals surface area contributed by atoms with Gasteiger partial charge in [-0.1, -0.05) is 0 Å². The quantitative estimate of drug-likeness (QED) is 0.348. The molecule has 0 aromatic heterocycles. The SMILES string of the molecule is O=C(OS(=O)(=O)O)OS(=O)(=O)O.[CaH2].[CaH2].[Co].[Co]. The van der Waals surface area contributed by atoms with Crippen molar-refractivity contribution in [2.45, 2.75) is 0 Å². The minimum Gasteiger partial charge on any atom is 0 e. The Balaban J connectivity index is -0.000000101. The molecule has 0 aliphatic carbocycles. The van der Waals surface area contributed by atoms with Gasteiger partial charge in [-0.25, -0.2) is 4.79 Å². The first-order chi connectivity index (χ1) is 5.10. The zero-order chi connectivity index (χ0) is 9.99. The number of carbonyl (C=O) groups excluding carboxylic acids is 1. The van der Waals surface area contributed by atoms with Crippen LogP contribution in [0.2, 0.25) is 0 Å². The van der Waals surface area contributed by atoms with Gasteiger partial charge < -0.3 is 0 Å². The fourth-order valence-electron chi connectivity index (χ4n) is 0.186. The van der Waals surface area contributed by atoms with E-state index in [0.717, 1.165) is 0 Å². The molecule has 9 nitrogen and oxygen atoms in total. The molecule has 2 radical (unpaired) electrons. The summed E-state index contributed by atoms with van der Waals surface area (Å²) in [5.74, 6) is 0. The third-order valence-corrected chi connectivity index (χ3v) is 1.04. The monoisotopic (exact) mass is 424 g/mol. The molecule has 0 saturated carbocycles. The van der Waals surface area contributed by atoms with E-state index < -0.39 is 27.0 Å². The summed E-state index contributed by atoms with van der Waals surface area (Å²) in [6.45, 7) is 0.